The Hall–Kier alpha value is -3.12. The molecular weight excluding hydrogens is 426 g/mol. The van der Waals surface area contributed by atoms with Crippen molar-refractivity contribution in [3.63, 3.8) is 0 Å². The third-order valence-corrected chi connectivity index (χ3v) is 6.44. The molecule has 0 atom stereocenters. The van der Waals surface area contributed by atoms with E-state index >= 15 is 0 Å². The van der Waals surface area contributed by atoms with Crippen LogP contribution in [-0.4, -0.2) is 35.6 Å². The molecule has 0 saturated carbocycles. The standard InChI is InChI=1S/C28H35N3O3/c1-18-13-23(27-21(4)30-34-22(27)5)17-25(14-18)33-28-19(2)15-24(16-20(28)3)29-26(32)9-12-31-10-7-6-8-11-31/h13-17H,6-12H2,1-5H3,(H,29,32). The SMILES string of the molecule is Cc1cc(Oc2c(C)cc(NC(=O)CCN3CCCCC3)cc2C)cc(-c2c(C)noc2C)c1. The number of hydrogen-bond donors (Lipinski definition) is 1. The monoisotopic (exact) mass is 461 g/mol. The molecule has 0 aliphatic carbocycles. The van der Waals surface area contributed by atoms with Crippen molar-refractivity contribution in [2.75, 3.05) is 25.0 Å². The van der Waals surface area contributed by atoms with Gasteiger partial charge in [0.15, 0.2) is 0 Å². The molecule has 1 saturated heterocycles. The highest BCUT2D eigenvalue weighted by atomic mass is 16.5. The molecular formula is C28H35N3O3. The maximum absolute atomic E-state index is 12.5. The minimum absolute atomic E-state index is 0.0563. The Kier molecular flexibility index (Phi) is 7.37. The predicted octanol–water partition coefficient (Wildman–Crippen LogP) is 6.49. The molecule has 1 fully saturated rings. The molecule has 1 aliphatic heterocycles. The average molecular weight is 462 g/mol. The lowest BCUT2D eigenvalue weighted by atomic mass is 10.0. The molecule has 0 spiro atoms. The van der Waals surface area contributed by atoms with Gasteiger partial charge in [0, 0.05) is 24.2 Å². The predicted molar refractivity (Wildman–Crippen MR) is 136 cm³/mol. The first kappa shape index (κ1) is 24.0. The van der Waals surface area contributed by atoms with Gasteiger partial charge < -0.3 is 19.5 Å². The Bertz CT molecular complexity index is 1130. The summed E-state index contributed by atoms with van der Waals surface area (Å²) in [5.41, 5.74) is 6.76. The zero-order valence-electron chi connectivity index (χ0n) is 21.0. The average Bonchev–Trinajstić information content (AvgIpc) is 3.13. The van der Waals surface area contributed by atoms with Crippen LogP contribution in [0.25, 0.3) is 11.1 Å². The van der Waals surface area contributed by atoms with Crippen molar-refractivity contribution in [1.82, 2.24) is 10.1 Å². The normalized spacial score (nSPS) is 14.3. The lowest BCUT2D eigenvalue weighted by Gasteiger charge is -2.26. The minimum atomic E-state index is 0.0563. The lowest BCUT2D eigenvalue weighted by Crippen LogP contribution is -2.32. The molecule has 1 amide bonds. The maximum atomic E-state index is 12.5. The van der Waals surface area contributed by atoms with Crippen LogP contribution >= 0.6 is 0 Å². The van der Waals surface area contributed by atoms with Gasteiger partial charge in [-0.1, -0.05) is 17.6 Å². The lowest BCUT2D eigenvalue weighted by molar-refractivity contribution is -0.116. The van der Waals surface area contributed by atoms with E-state index in [1.807, 2.05) is 52.0 Å². The van der Waals surface area contributed by atoms with E-state index in [2.05, 4.69) is 28.4 Å². The molecule has 3 aromatic rings. The van der Waals surface area contributed by atoms with Crippen LogP contribution in [0.4, 0.5) is 5.69 Å². The molecule has 2 heterocycles. The second-order valence-electron chi connectivity index (χ2n) is 9.48. The van der Waals surface area contributed by atoms with E-state index in [-0.39, 0.29) is 5.91 Å². The maximum Gasteiger partial charge on any atom is 0.225 e. The van der Waals surface area contributed by atoms with Crippen LogP contribution in [0.15, 0.2) is 34.9 Å². The fourth-order valence-corrected chi connectivity index (χ4v) is 4.81. The largest absolute Gasteiger partial charge is 0.457 e. The fraction of sp³-hybridized carbons (Fsp3) is 0.429. The van der Waals surface area contributed by atoms with Crippen molar-refractivity contribution in [3.8, 4) is 22.6 Å². The number of carbonyl (C=O) groups is 1. The molecule has 1 aromatic heterocycles. The van der Waals surface area contributed by atoms with Crippen molar-refractivity contribution in [2.24, 2.45) is 0 Å². The molecule has 0 radical (unpaired) electrons. The molecule has 1 aliphatic rings. The van der Waals surface area contributed by atoms with E-state index < -0.39 is 0 Å². The number of hydrogen-bond acceptors (Lipinski definition) is 5. The third-order valence-electron chi connectivity index (χ3n) is 6.44. The fourth-order valence-electron chi connectivity index (χ4n) is 4.81. The smallest absolute Gasteiger partial charge is 0.225 e. The van der Waals surface area contributed by atoms with E-state index in [4.69, 9.17) is 9.26 Å². The molecule has 0 bridgehead atoms. The Morgan fingerprint density at radius 2 is 1.71 bits per heavy atom. The number of carbonyl (C=O) groups excluding carboxylic acids is 1. The number of amides is 1. The van der Waals surface area contributed by atoms with Crippen LogP contribution in [0.1, 0.15) is 53.8 Å². The van der Waals surface area contributed by atoms with E-state index in [1.165, 1.54) is 19.3 Å². The number of anilines is 1. The van der Waals surface area contributed by atoms with Crippen molar-refractivity contribution in [3.05, 3.63) is 58.5 Å². The van der Waals surface area contributed by atoms with Gasteiger partial charge in [-0.25, -0.2) is 0 Å². The van der Waals surface area contributed by atoms with Crippen LogP contribution in [0.3, 0.4) is 0 Å². The van der Waals surface area contributed by atoms with Crippen LogP contribution in [0.2, 0.25) is 0 Å². The summed E-state index contributed by atoms with van der Waals surface area (Å²) in [4.78, 5) is 14.9. The van der Waals surface area contributed by atoms with E-state index in [0.717, 1.165) is 76.1 Å². The van der Waals surface area contributed by atoms with Gasteiger partial charge in [0.2, 0.25) is 5.91 Å². The second kappa shape index (κ2) is 10.4. The Labute approximate surface area is 202 Å². The van der Waals surface area contributed by atoms with E-state index in [9.17, 15) is 4.79 Å². The molecule has 0 unspecified atom stereocenters. The van der Waals surface area contributed by atoms with Crippen molar-refractivity contribution in [2.45, 2.75) is 60.3 Å². The summed E-state index contributed by atoms with van der Waals surface area (Å²) in [5.74, 6) is 2.42. The van der Waals surface area contributed by atoms with E-state index in [1.54, 1.807) is 0 Å². The number of benzene rings is 2. The molecule has 34 heavy (non-hydrogen) atoms. The van der Waals surface area contributed by atoms with Crippen LogP contribution in [0.5, 0.6) is 11.5 Å². The summed E-state index contributed by atoms with van der Waals surface area (Å²) >= 11 is 0. The summed E-state index contributed by atoms with van der Waals surface area (Å²) in [5, 5.41) is 7.15. The van der Waals surface area contributed by atoms with E-state index in [0.29, 0.717) is 6.42 Å². The quantitative estimate of drug-likeness (QED) is 0.435. The Balaban J connectivity index is 1.47. The molecule has 6 heteroatoms. The van der Waals surface area contributed by atoms with Gasteiger partial charge in [0.25, 0.3) is 0 Å². The number of likely N-dealkylation sites (tertiary alicyclic amines) is 1. The highest BCUT2D eigenvalue weighted by molar-refractivity contribution is 5.91. The molecule has 6 nitrogen and oxygen atoms in total. The summed E-state index contributed by atoms with van der Waals surface area (Å²) in [6.07, 6.45) is 4.30. The summed E-state index contributed by atoms with van der Waals surface area (Å²) in [7, 11) is 0. The molecule has 2 aromatic carbocycles. The van der Waals surface area contributed by atoms with Crippen molar-refractivity contribution < 1.29 is 14.1 Å². The van der Waals surface area contributed by atoms with Crippen molar-refractivity contribution >= 4 is 11.6 Å². The molecule has 4 rings (SSSR count). The zero-order chi connectivity index (χ0) is 24.2. The number of aromatic nitrogens is 1. The van der Waals surface area contributed by atoms with Gasteiger partial charge in [-0.3, -0.25) is 4.79 Å². The summed E-state index contributed by atoms with van der Waals surface area (Å²) in [6.45, 7) is 13.0. The second-order valence-corrected chi connectivity index (χ2v) is 9.48. The van der Waals surface area contributed by atoms with Gasteiger partial charge in [-0.05, 0) is 107 Å². The molecule has 180 valence electrons. The number of aryl methyl sites for hydroxylation is 5. The van der Waals surface area contributed by atoms with Gasteiger partial charge in [-0.15, -0.1) is 0 Å². The van der Waals surface area contributed by atoms with Crippen LogP contribution in [0, 0.1) is 34.6 Å². The Morgan fingerprint density at radius 1 is 1.00 bits per heavy atom. The van der Waals surface area contributed by atoms with Crippen LogP contribution < -0.4 is 10.1 Å². The Morgan fingerprint density at radius 3 is 2.35 bits per heavy atom. The number of ether oxygens (including phenoxy) is 1. The first-order valence-corrected chi connectivity index (χ1v) is 12.2. The third kappa shape index (κ3) is 5.68. The first-order valence-electron chi connectivity index (χ1n) is 12.2. The van der Waals surface area contributed by atoms with Gasteiger partial charge in [0.1, 0.15) is 17.3 Å². The summed E-state index contributed by atoms with van der Waals surface area (Å²) in [6, 6.07) is 10.1. The van der Waals surface area contributed by atoms with Crippen LogP contribution in [-0.2, 0) is 4.79 Å². The topological polar surface area (TPSA) is 67.6 Å². The number of nitrogens with one attached hydrogen (secondary N) is 1. The summed E-state index contributed by atoms with van der Waals surface area (Å²) < 4.78 is 11.7. The van der Waals surface area contributed by atoms with Gasteiger partial charge in [0.05, 0.1) is 5.69 Å². The highest BCUT2D eigenvalue weighted by Gasteiger charge is 2.16. The highest BCUT2D eigenvalue weighted by Crippen LogP contribution is 2.35. The number of nitrogens with zero attached hydrogens (tertiary/aromatic N) is 2. The molecule has 1 N–H and O–H groups in total. The van der Waals surface area contributed by atoms with Gasteiger partial charge in [-0.2, -0.15) is 0 Å². The number of rotatable bonds is 7. The van der Waals surface area contributed by atoms with Crippen molar-refractivity contribution in [1.29, 1.82) is 0 Å². The number of piperidine rings is 1. The van der Waals surface area contributed by atoms with Gasteiger partial charge >= 0.3 is 0 Å². The first-order chi connectivity index (χ1) is 16.3. The zero-order valence-corrected chi connectivity index (χ0v) is 21.0. The minimum Gasteiger partial charge on any atom is -0.457 e.